The highest BCUT2D eigenvalue weighted by Gasteiger charge is 2.12. The zero-order chi connectivity index (χ0) is 13.3. The van der Waals surface area contributed by atoms with Gasteiger partial charge in [0.25, 0.3) is 0 Å². The van der Waals surface area contributed by atoms with Crippen LogP contribution >= 0.6 is 0 Å². The third-order valence-electron chi connectivity index (χ3n) is 3.20. The van der Waals surface area contributed by atoms with Crippen LogP contribution in [0.4, 0.5) is 0 Å². The van der Waals surface area contributed by atoms with Crippen LogP contribution in [0.2, 0.25) is 0 Å². The van der Waals surface area contributed by atoms with Crippen molar-refractivity contribution in [2.24, 2.45) is 0 Å². The number of phenolic OH excluding ortho intramolecular Hbond substituents is 2. The van der Waals surface area contributed by atoms with Gasteiger partial charge in [-0.15, -0.1) is 0 Å². The molecule has 18 heavy (non-hydrogen) atoms. The van der Waals surface area contributed by atoms with Crippen molar-refractivity contribution in [1.29, 1.82) is 0 Å². The Morgan fingerprint density at radius 2 is 1.61 bits per heavy atom. The molecule has 2 N–H and O–H groups in total. The Labute approximate surface area is 105 Å². The van der Waals surface area contributed by atoms with Crippen LogP contribution in [0, 0.1) is 13.8 Å². The van der Waals surface area contributed by atoms with Crippen molar-refractivity contribution in [2.45, 2.75) is 13.8 Å². The molecule has 0 unspecified atom stereocenters. The molecule has 0 aliphatic heterocycles. The summed E-state index contributed by atoms with van der Waals surface area (Å²) in [6.45, 7) is 3.60. The fourth-order valence-corrected chi connectivity index (χ4v) is 2.05. The highest BCUT2D eigenvalue weighted by Crippen LogP contribution is 2.37. The highest BCUT2D eigenvalue weighted by molar-refractivity contribution is 5.84. The van der Waals surface area contributed by atoms with E-state index in [9.17, 15) is 15.0 Å². The Balaban J connectivity index is 2.70. The summed E-state index contributed by atoms with van der Waals surface area (Å²) in [5.74, 6) is -0.260. The second-order valence-electron chi connectivity index (χ2n) is 4.24. The first-order chi connectivity index (χ1) is 8.56. The van der Waals surface area contributed by atoms with Gasteiger partial charge in [0.15, 0.2) is 11.5 Å². The lowest BCUT2D eigenvalue weighted by atomic mass is 9.93. The second-order valence-corrected chi connectivity index (χ2v) is 4.24. The third kappa shape index (κ3) is 1.84. The van der Waals surface area contributed by atoms with Crippen LogP contribution < -0.4 is 0 Å². The first-order valence-electron chi connectivity index (χ1n) is 5.63. The molecule has 0 aliphatic rings. The van der Waals surface area contributed by atoms with Gasteiger partial charge in [-0.05, 0) is 36.6 Å². The maximum absolute atomic E-state index is 10.9. The second kappa shape index (κ2) is 4.53. The molecule has 0 aliphatic carbocycles. The molecular formula is C15H14O3. The van der Waals surface area contributed by atoms with E-state index in [1.807, 2.05) is 13.0 Å². The summed E-state index contributed by atoms with van der Waals surface area (Å²) < 4.78 is 0. The molecule has 0 fully saturated rings. The molecule has 0 radical (unpaired) electrons. The van der Waals surface area contributed by atoms with Gasteiger partial charge in [-0.1, -0.05) is 24.3 Å². The molecule has 3 heteroatoms. The van der Waals surface area contributed by atoms with E-state index >= 15 is 0 Å². The summed E-state index contributed by atoms with van der Waals surface area (Å²) in [5, 5.41) is 19.2. The van der Waals surface area contributed by atoms with Crippen LogP contribution in [0.1, 0.15) is 21.5 Å². The van der Waals surface area contributed by atoms with Crippen molar-refractivity contribution in [1.82, 2.24) is 0 Å². The minimum Gasteiger partial charge on any atom is -0.504 e. The van der Waals surface area contributed by atoms with Crippen LogP contribution in [-0.2, 0) is 0 Å². The fraction of sp³-hybridized carbons (Fsp3) is 0.133. The Morgan fingerprint density at radius 3 is 2.28 bits per heavy atom. The van der Waals surface area contributed by atoms with E-state index in [1.165, 1.54) is 6.07 Å². The van der Waals surface area contributed by atoms with Crippen LogP contribution in [0.25, 0.3) is 11.1 Å². The lowest BCUT2D eigenvalue weighted by molar-refractivity contribution is 0.112. The SMILES string of the molecule is Cc1c(C=O)cccc1-c1ccc(O)c(O)c1C. The first-order valence-corrected chi connectivity index (χ1v) is 5.63. The fourth-order valence-electron chi connectivity index (χ4n) is 2.05. The van der Waals surface area contributed by atoms with Gasteiger partial charge in [-0.2, -0.15) is 0 Å². The zero-order valence-electron chi connectivity index (χ0n) is 10.3. The van der Waals surface area contributed by atoms with Crippen molar-refractivity contribution < 1.29 is 15.0 Å². The molecule has 2 aromatic rings. The molecule has 3 nitrogen and oxygen atoms in total. The number of aromatic hydroxyl groups is 2. The molecule has 0 amide bonds. The summed E-state index contributed by atoms with van der Waals surface area (Å²) in [6.07, 6.45) is 0.814. The van der Waals surface area contributed by atoms with Gasteiger partial charge in [-0.25, -0.2) is 0 Å². The minimum atomic E-state index is -0.138. The van der Waals surface area contributed by atoms with Crippen molar-refractivity contribution in [3.05, 3.63) is 47.0 Å². The largest absolute Gasteiger partial charge is 0.504 e. The molecule has 0 saturated heterocycles. The summed E-state index contributed by atoms with van der Waals surface area (Å²) in [5.41, 5.74) is 3.78. The number of carbonyl (C=O) groups is 1. The third-order valence-corrected chi connectivity index (χ3v) is 3.20. The maximum atomic E-state index is 10.9. The smallest absolute Gasteiger partial charge is 0.161 e. The Kier molecular flexibility index (Phi) is 3.06. The Hall–Kier alpha value is -2.29. The minimum absolute atomic E-state index is 0.122. The molecule has 0 aromatic heterocycles. The molecule has 0 saturated carbocycles. The number of rotatable bonds is 2. The summed E-state index contributed by atoms with van der Waals surface area (Å²) in [7, 11) is 0. The Morgan fingerprint density at radius 1 is 0.944 bits per heavy atom. The number of carbonyl (C=O) groups excluding carboxylic acids is 1. The average molecular weight is 242 g/mol. The van der Waals surface area contributed by atoms with Gasteiger partial charge < -0.3 is 10.2 Å². The topological polar surface area (TPSA) is 57.5 Å². The molecule has 92 valence electrons. The van der Waals surface area contributed by atoms with Gasteiger partial charge in [0, 0.05) is 11.1 Å². The van der Waals surface area contributed by atoms with Crippen molar-refractivity contribution >= 4 is 6.29 Å². The molecule has 0 spiro atoms. The van der Waals surface area contributed by atoms with Gasteiger partial charge in [-0.3, -0.25) is 4.79 Å². The molecule has 0 bridgehead atoms. The summed E-state index contributed by atoms with van der Waals surface area (Å²) in [4.78, 5) is 10.9. The number of hydrogen-bond donors (Lipinski definition) is 2. The standard InChI is InChI=1S/C15H14O3/c1-9-11(8-16)4-3-5-12(9)13-6-7-14(17)15(18)10(13)2/h3-8,17-18H,1-2H3. The van der Waals surface area contributed by atoms with Gasteiger partial charge >= 0.3 is 0 Å². The van der Waals surface area contributed by atoms with E-state index in [0.717, 1.165) is 23.0 Å². The number of hydrogen-bond acceptors (Lipinski definition) is 3. The number of aldehydes is 1. The maximum Gasteiger partial charge on any atom is 0.161 e. The van der Waals surface area contributed by atoms with E-state index in [1.54, 1.807) is 25.1 Å². The van der Waals surface area contributed by atoms with Crippen LogP contribution in [0.3, 0.4) is 0 Å². The molecule has 2 rings (SSSR count). The zero-order valence-corrected chi connectivity index (χ0v) is 10.3. The number of phenols is 2. The normalized spacial score (nSPS) is 10.3. The monoisotopic (exact) mass is 242 g/mol. The number of benzene rings is 2. The molecule has 0 atom stereocenters. The van der Waals surface area contributed by atoms with Gasteiger partial charge in [0.1, 0.15) is 6.29 Å². The van der Waals surface area contributed by atoms with Gasteiger partial charge in [0.2, 0.25) is 0 Å². The molecule has 0 heterocycles. The van der Waals surface area contributed by atoms with Crippen LogP contribution in [0.15, 0.2) is 30.3 Å². The van der Waals surface area contributed by atoms with E-state index in [2.05, 4.69) is 0 Å². The van der Waals surface area contributed by atoms with Crippen LogP contribution in [0.5, 0.6) is 11.5 Å². The average Bonchev–Trinajstić information content (AvgIpc) is 2.37. The predicted octanol–water partition coefficient (Wildman–Crippen LogP) is 3.19. The van der Waals surface area contributed by atoms with Gasteiger partial charge in [0.05, 0.1) is 0 Å². The molecule has 2 aromatic carbocycles. The van der Waals surface area contributed by atoms with Crippen molar-refractivity contribution in [2.75, 3.05) is 0 Å². The first kappa shape index (κ1) is 12.2. The van der Waals surface area contributed by atoms with E-state index < -0.39 is 0 Å². The predicted molar refractivity (Wildman–Crippen MR) is 70.1 cm³/mol. The summed E-state index contributed by atoms with van der Waals surface area (Å²) >= 11 is 0. The van der Waals surface area contributed by atoms with Crippen molar-refractivity contribution in [3.63, 3.8) is 0 Å². The summed E-state index contributed by atoms with van der Waals surface area (Å²) in [6, 6.07) is 8.63. The van der Waals surface area contributed by atoms with E-state index in [4.69, 9.17) is 0 Å². The molecular weight excluding hydrogens is 228 g/mol. The highest BCUT2D eigenvalue weighted by atomic mass is 16.3. The quantitative estimate of drug-likeness (QED) is 0.628. The van der Waals surface area contributed by atoms with Crippen molar-refractivity contribution in [3.8, 4) is 22.6 Å². The van der Waals surface area contributed by atoms with E-state index in [-0.39, 0.29) is 11.5 Å². The lowest BCUT2D eigenvalue weighted by Gasteiger charge is -2.12. The van der Waals surface area contributed by atoms with Crippen LogP contribution in [-0.4, -0.2) is 16.5 Å². The Bertz CT molecular complexity index is 615. The van der Waals surface area contributed by atoms with E-state index in [0.29, 0.717) is 11.1 Å². The lowest BCUT2D eigenvalue weighted by Crippen LogP contribution is -1.92.